The quantitative estimate of drug-likeness (QED) is 0.566. The van der Waals surface area contributed by atoms with Gasteiger partial charge in [-0.25, -0.2) is 4.98 Å². The fourth-order valence-corrected chi connectivity index (χ4v) is 1.58. The highest BCUT2D eigenvalue weighted by molar-refractivity contribution is 5.51. The van der Waals surface area contributed by atoms with Crippen molar-refractivity contribution in [1.29, 1.82) is 0 Å². The molecule has 0 aromatic carbocycles. The van der Waals surface area contributed by atoms with Gasteiger partial charge in [-0.2, -0.15) is 4.98 Å². The monoisotopic (exact) mass is 270 g/mol. The highest BCUT2D eigenvalue weighted by Crippen LogP contribution is 2.23. The van der Waals surface area contributed by atoms with Crippen LogP contribution in [0, 0.1) is 0 Å². The second kappa shape index (κ2) is 8.49. The summed E-state index contributed by atoms with van der Waals surface area (Å²) in [5.74, 6) is 1.16. The van der Waals surface area contributed by atoms with Gasteiger partial charge in [0.05, 0.1) is 25.5 Å². The van der Waals surface area contributed by atoms with Crippen LogP contribution < -0.4 is 15.8 Å². The van der Waals surface area contributed by atoms with Gasteiger partial charge in [-0.15, -0.1) is 0 Å². The minimum absolute atomic E-state index is 0.0231. The Morgan fingerprint density at radius 1 is 1.47 bits per heavy atom. The minimum atomic E-state index is -0.0796. The smallest absolute Gasteiger partial charge is 0.222 e. The fraction of sp³-hybridized carbons (Fsp3) is 0.667. The van der Waals surface area contributed by atoms with Crippen molar-refractivity contribution in [2.75, 3.05) is 38.0 Å². The van der Waals surface area contributed by atoms with Crippen LogP contribution in [-0.2, 0) is 4.74 Å². The van der Waals surface area contributed by atoms with Crippen LogP contribution in [0.1, 0.15) is 19.8 Å². The summed E-state index contributed by atoms with van der Waals surface area (Å²) in [5, 5.41) is 12.4. The Labute approximate surface area is 113 Å². The maximum atomic E-state index is 9.29. The van der Waals surface area contributed by atoms with Crippen LogP contribution in [-0.4, -0.2) is 48.0 Å². The zero-order chi connectivity index (χ0) is 14.1. The molecular formula is C12H22N4O3. The topological polar surface area (TPSA) is 103 Å². The Hall–Kier alpha value is -1.60. The van der Waals surface area contributed by atoms with Gasteiger partial charge in [0, 0.05) is 7.11 Å². The van der Waals surface area contributed by atoms with E-state index >= 15 is 0 Å². The fourth-order valence-electron chi connectivity index (χ4n) is 1.58. The molecule has 0 fully saturated rings. The molecule has 0 spiro atoms. The van der Waals surface area contributed by atoms with E-state index < -0.39 is 0 Å². The van der Waals surface area contributed by atoms with Crippen molar-refractivity contribution in [3.05, 3.63) is 6.20 Å². The third kappa shape index (κ3) is 5.27. The molecule has 4 N–H and O–H groups in total. The molecule has 0 radical (unpaired) electrons. The van der Waals surface area contributed by atoms with Gasteiger partial charge in [0.1, 0.15) is 6.61 Å². The molecule has 1 atom stereocenters. The summed E-state index contributed by atoms with van der Waals surface area (Å²) in [5.41, 5.74) is 5.57. The Morgan fingerprint density at radius 3 is 2.89 bits per heavy atom. The molecule has 7 heteroatoms. The lowest BCUT2D eigenvalue weighted by molar-refractivity contribution is 0.146. The molecule has 1 aromatic rings. The van der Waals surface area contributed by atoms with Crippen LogP contribution in [0.25, 0.3) is 0 Å². The first-order valence-corrected chi connectivity index (χ1v) is 6.32. The number of hydrogen-bond acceptors (Lipinski definition) is 7. The third-order valence-electron chi connectivity index (χ3n) is 2.52. The number of nitrogens with one attached hydrogen (secondary N) is 1. The molecule has 19 heavy (non-hydrogen) atoms. The number of aliphatic hydroxyl groups excluding tert-OH is 1. The molecule has 1 unspecified atom stereocenters. The molecule has 0 saturated heterocycles. The molecule has 0 aliphatic heterocycles. The second-order valence-electron chi connectivity index (χ2n) is 4.09. The number of nitrogens with zero attached hydrogens (tertiary/aromatic N) is 2. The number of anilines is 2. The predicted octanol–water partition coefficient (Wildman–Crippen LogP) is 0.657. The molecule has 0 saturated carbocycles. The summed E-state index contributed by atoms with van der Waals surface area (Å²) >= 11 is 0. The molecule has 1 aromatic heterocycles. The first kappa shape index (κ1) is 15.5. The lowest BCUT2D eigenvalue weighted by Gasteiger charge is -2.18. The Balaban J connectivity index is 2.74. The Morgan fingerprint density at radius 2 is 2.26 bits per heavy atom. The van der Waals surface area contributed by atoms with E-state index in [0.717, 1.165) is 12.8 Å². The van der Waals surface area contributed by atoms with Crippen molar-refractivity contribution in [2.45, 2.75) is 25.8 Å². The van der Waals surface area contributed by atoms with E-state index in [1.54, 1.807) is 7.11 Å². The highest BCUT2D eigenvalue weighted by Gasteiger charge is 2.12. The molecule has 108 valence electrons. The summed E-state index contributed by atoms with van der Waals surface area (Å²) in [6.45, 7) is 2.95. The summed E-state index contributed by atoms with van der Waals surface area (Å²) in [4.78, 5) is 8.00. The maximum Gasteiger partial charge on any atom is 0.222 e. The molecule has 0 bridgehead atoms. The SMILES string of the molecule is CCCC(CO)Nc1nc(N)ncc1OCCOC. The van der Waals surface area contributed by atoms with E-state index in [1.165, 1.54) is 6.20 Å². The number of nitrogens with two attached hydrogens (primary N) is 1. The van der Waals surface area contributed by atoms with Gasteiger partial charge in [-0.3, -0.25) is 0 Å². The van der Waals surface area contributed by atoms with E-state index in [-0.39, 0.29) is 18.6 Å². The minimum Gasteiger partial charge on any atom is -0.486 e. The first-order valence-electron chi connectivity index (χ1n) is 6.32. The number of nitrogen functional groups attached to an aromatic ring is 1. The van der Waals surface area contributed by atoms with Crippen LogP contribution in [0.3, 0.4) is 0 Å². The Kier molecular flexibility index (Phi) is 6.91. The summed E-state index contributed by atoms with van der Waals surface area (Å²) in [6.07, 6.45) is 3.30. The average Bonchev–Trinajstić information content (AvgIpc) is 2.41. The number of aromatic nitrogens is 2. The van der Waals surface area contributed by atoms with Crippen molar-refractivity contribution in [3.8, 4) is 5.75 Å². The summed E-state index contributed by atoms with van der Waals surface area (Å²) in [7, 11) is 1.60. The van der Waals surface area contributed by atoms with Crippen molar-refractivity contribution in [1.82, 2.24) is 9.97 Å². The van der Waals surface area contributed by atoms with Crippen LogP contribution in [0.4, 0.5) is 11.8 Å². The molecule has 1 rings (SSSR count). The number of ether oxygens (including phenoxy) is 2. The predicted molar refractivity (Wildman–Crippen MR) is 73.2 cm³/mol. The normalized spacial score (nSPS) is 12.2. The lowest BCUT2D eigenvalue weighted by atomic mass is 10.2. The standard InChI is InChI=1S/C12H22N4O3/c1-3-4-9(8-17)15-11-10(19-6-5-18-2)7-14-12(13)16-11/h7,9,17H,3-6,8H2,1-2H3,(H3,13,14,15,16). The molecule has 0 aliphatic rings. The van der Waals surface area contributed by atoms with Crippen LogP contribution >= 0.6 is 0 Å². The van der Waals surface area contributed by atoms with Crippen LogP contribution in [0.15, 0.2) is 6.20 Å². The number of aliphatic hydroxyl groups is 1. The van der Waals surface area contributed by atoms with E-state index in [4.69, 9.17) is 15.2 Å². The van der Waals surface area contributed by atoms with E-state index in [9.17, 15) is 5.11 Å². The van der Waals surface area contributed by atoms with Crippen LogP contribution in [0.2, 0.25) is 0 Å². The van der Waals surface area contributed by atoms with E-state index in [2.05, 4.69) is 22.2 Å². The third-order valence-corrected chi connectivity index (χ3v) is 2.52. The highest BCUT2D eigenvalue weighted by atomic mass is 16.5. The van der Waals surface area contributed by atoms with Gasteiger partial charge in [0.2, 0.25) is 5.95 Å². The first-order chi connectivity index (χ1) is 9.21. The van der Waals surface area contributed by atoms with Crippen molar-refractivity contribution in [3.63, 3.8) is 0 Å². The molecule has 0 amide bonds. The van der Waals surface area contributed by atoms with Gasteiger partial charge in [0.25, 0.3) is 0 Å². The van der Waals surface area contributed by atoms with Crippen molar-refractivity contribution < 1.29 is 14.6 Å². The van der Waals surface area contributed by atoms with E-state index in [0.29, 0.717) is 24.8 Å². The average molecular weight is 270 g/mol. The Bertz CT molecular complexity index is 376. The lowest BCUT2D eigenvalue weighted by Crippen LogP contribution is -2.25. The van der Waals surface area contributed by atoms with E-state index in [1.807, 2.05) is 0 Å². The van der Waals surface area contributed by atoms with Crippen LogP contribution in [0.5, 0.6) is 5.75 Å². The molecule has 7 nitrogen and oxygen atoms in total. The number of rotatable bonds is 9. The van der Waals surface area contributed by atoms with Gasteiger partial charge < -0.3 is 25.6 Å². The number of hydrogen-bond donors (Lipinski definition) is 3. The molecular weight excluding hydrogens is 248 g/mol. The summed E-state index contributed by atoms with van der Waals surface area (Å²) in [6, 6.07) is -0.0796. The van der Waals surface area contributed by atoms with Crippen molar-refractivity contribution >= 4 is 11.8 Å². The molecule has 0 aliphatic carbocycles. The molecule has 1 heterocycles. The largest absolute Gasteiger partial charge is 0.486 e. The number of methoxy groups -OCH3 is 1. The second-order valence-corrected chi connectivity index (χ2v) is 4.09. The zero-order valence-corrected chi connectivity index (χ0v) is 11.4. The van der Waals surface area contributed by atoms with Gasteiger partial charge in [0.15, 0.2) is 11.6 Å². The maximum absolute atomic E-state index is 9.29. The van der Waals surface area contributed by atoms with Gasteiger partial charge in [-0.1, -0.05) is 13.3 Å². The van der Waals surface area contributed by atoms with Gasteiger partial charge in [-0.05, 0) is 6.42 Å². The van der Waals surface area contributed by atoms with Crippen molar-refractivity contribution in [2.24, 2.45) is 0 Å². The van der Waals surface area contributed by atoms with Gasteiger partial charge >= 0.3 is 0 Å². The zero-order valence-electron chi connectivity index (χ0n) is 11.4. The summed E-state index contributed by atoms with van der Waals surface area (Å²) < 4.78 is 10.4.